The molecule has 1 aromatic rings. The van der Waals surface area contributed by atoms with E-state index in [1.54, 1.807) is 12.1 Å². The Labute approximate surface area is 196 Å². The molecule has 1 rings (SSSR count). The van der Waals surface area contributed by atoms with Crippen molar-refractivity contribution in [1.82, 2.24) is 4.57 Å². The Morgan fingerprint density at radius 2 is 1.17 bits per heavy atom. The Hall–Kier alpha value is -0.770. The van der Waals surface area contributed by atoms with Crippen molar-refractivity contribution < 1.29 is 4.74 Å². The fraction of sp³-hybridized carbons (Fsp3) is 0.808. The zero-order chi connectivity index (χ0) is 21.0. The lowest BCUT2D eigenvalue weighted by molar-refractivity contribution is 0.276. The fourth-order valence-corrected chi connectivity index (χ4v) is 3.87. The van der Waals surface area contributed by atoms with Gasteiger partial charge in [0.05, 0.1) is 6.61 Å². The molecule has 30 heavy (non-hydrogen) atoms. The summed E-state index contributed by atoms with van der Waals surface area (Å²) in [6, 6.07) is 3.22. The normalized spacial score (nSPS) is 10.7. The van der Waals surface area contributed by atoms with Crippen LogP contribution in [0.2, 0.25) is 0 Å². The number of halogens is 1. The maximum atomic E-state index is 11.5. The van der Waals surface area contributed by atoms with Crippen LogP contribution in [0.1, 0.15) is 123 Å². The number of pyridine rings is 1. The smallest absolute Gasteiger partial charge is 0.197 e. The molecule has 3 nitrogen and oxygen atoms in total. The molecular weight excluding hydrogens is 438 g/mol. The maximum absolute atomic E-state index is 11.5. The highest BCUT2D eigenvalue weighted by Gasteiger charge is 2.01. The summed E-state index contributed by atoms with van der Waals surface area (Å²) in [4.78, 5) is 11.5. The van der Waals surface area contributed by atoms with E-state index in [1.165, 1.54) is 96.3 Å². The Bertz CT molecular complexity index is 544. The van der Waals surface area contributed by atoms with Crippen LogP contribution in [-0.2, 0) is 6.54 Å². The predicted molar refractivity (Wildman–Crippen MR) is 136 cm³/mol. The average Bonchev–Trinajstić information content (AvgIpc) is 2.72. The van der Waals surface area contributed by atoms with Crippen molar-refractivity contribution in [2.45, 2.75) is 130 Å². The van der Waals surface area contributed by atoms with Gasteiger partial charge in [-0.2, -0.15) is 0 Å². The van der Waals surface area contributed by atoms with E-state index in [-0.39, 0.29) is 22.4 Å². The lowest BCUT2D eigenvalue weighted by atomic mass is 10.0. The van der Waals surface area contributed by atoms with Crippen molar-refractivity contribution in [3.05, 3.63) is 28.6 Å². The summed E-state index contributed by atoms with van der Waals surface area (Å²) in [6.07, 6.45) is 24.9. The Morgan fingerprint density at radius 1 is 0.700 bits per heavy atom. The monoisotopic (exact) mass is 485 g/mol. The van der Waals surface area contributed by atoms with Gasteiger partial charge >= 0.3 is 0 Å². The van der Waals surface area contributed by atoms with Crippen LogP contribution in [0, 0.1) is 0 Å². The van der Waals surface area contributed by atoms with Gasteiger partial charge in [0.15, 0.2) is 11.3 Å². The molecule has 0 spiro atoms. The summed E-state index contributed by atoms with van der Waals surface area (Å²) < 4.78 is 7.89. The average molecular weight is 487 g/mol. The summed E-state index contributed by atoms with van der Waals surface area (Å²) in [5, 5.41) is 0. The standard InChI is InChI=1S/C26H47NO2.BrH/c1-3-5-6-7-8-9-10-11-12-13-14-15-16-17-18-19-23-29-26-24-25(28)20-22-27(26)21-4-2;/h20,22,24H,3-19,21,23H2,1-2H3;1H. The molecule has 0 amide bonds. The van der Waals surface area contributed by atoms with Gasteiger partial charge in [0.2, 0.25) is 0 Å². The lowest BCUT2D eigenvalue weighted by Crippen LogP contribution is -2.11. The van der Waals surface area contributed by atoms with Crippen molar-refractivity contribution >= 4 is 17.0 Å². The molecule has 176 valence electrons. The summed E-state index contributed by atoms with van der Waals surface area (Å²) >= 11 is 0. The number of hydrogen-bond acceptors (Lipinski definition) is 2. The molecule has 1 heterocycles. The van der Waals surface area contributed by atoms with E-state index in [0.29, 0.717) is 6.61 Å². The summed E-state index contributed by atoms with van der Waals surface area (Å²) in [7, 11) is 0. The van der Waals surface area contributed by atoms with Crippen LogP contribution in [-0.4, -0.2) is 11.2 Å². The van der Waals surface area contributed by atoms with Gasteiger partial charge in [0.25, 0.3) is 0 Å². The zero-order valence-corrected chi connectivity index (χ0v) is 21.6. The minimum Gasteiger partial charge on any atom is -0.479 e. The van der Waals surface area contributed by atoms with E-state index in [2.05, 4.69) is 13.8 Å². The van der Waals surface area contributed by atoms with E-state index in [4.69, 9.17) is 4.74 Å². The van der Waals surface area contributed by atoms with Crippen LogP contribution in [0.5, 0.6) is 5.88 Å². The largest absolute Gasteiger partial charge is 0.479 e. The van der Waals surface area contributed by atoms with Gasteiger partial charge < -0.3 is 9.30 Å². The second-order valence-electron chi connectivity index (χ2n) is 8.55. The molecule has 0 atom stereocenters. The van der Waals surface area contributed by atoms with Crippen LogP contribution in [0.25, 0.3) is 0 Å². The third-order valence-corrected chi connectivity index (χ3v) is 5.68. The summed E-state index contributed by atoms with van der Waals surface area (Å²) in [6.45, 7) is 6.03. The van der Waals surface area contributed by atoms with Crippen LogP contribution in [0.15, 0.2) is 23.1 Å². The van der Waals surface area contributed by atoms with Gasteiger partial charge in [-0.05, 0) is 12.8 Å². The highest BCUT2D eigenvalue weighted by Crippen LogP contribution is 2.14. The van der Waals surface area contributed by atoms with E-state index in [0.717, 1.165) is 25.3 Å². The van der Waals surface area contributed by atoms with Crippen molar-refractivity contribution in [3.8, 4) is 5.88 Å². The van der Waals surface area contributed by atoms with Crippen molar-refractivity contribution in [2.24, 2.45) is 0 Å². The van der Waals surface area contributed by atoms with Crippen LogP contribution in [0.3, 0.4) is 0 Å². The SMILES string of the molecule is Br.CCCCCCCCCCCCCCCCCCOc1cc(=O)ccn1CCC. The molecule has 0 N–H and O–H groups in total. The topological polar surface area (TPSA) is 31.2 Å². The van der Waals surface area contributed by atoms with E-state index >= 15 is 0 Å². The second kappa shape index (κ2) is 21.5. The first kappa shape index (κ1) is 29.2. The van der Waals surface area contributed by atoms with Gasteiger partial charge in [-0.1, -0.05) is 110 Å². The molecule has 0 aliphatic rings. The second-order valence-corrected chi connectivity index (χ2v) is 8.55. The van der Waals surface area contributed by atoms with Crippen molar-refractivity contribution in [3.63, 3.8) is 0 Å². The van der Waals surface area contributed by atoms with Gasteiger partial charge in [-0.15, -0.1) is 17.0 Å². The molecule has 0 fully saturated rings. The lowest BCUT2D eigenvalue weighted by Gasteiger charge is -2.13. The molecule has 4 heteroatoms. The zero-order valence-electron chi connectivity index (χ0n) is 19.8. The van der Waals surface area contributed by atoms with E-state index < -0.39 is 0 Å². The highest BCUT2D eigenvalue weighted by molar-refractivity contribution is 8.93. The quantitative estimate of drug-likeness (QED) is 0.173. The molecule has 1 aromatic heterocycles. The number of hydrogen-bond donors (Lipinski definition) is 0. The van der Waals surface area contributed by atoms with Gasteiger partial charge in [-0.3, -0.25) is 4.79 Å². The number of aromatic nitrogens is 1. The first-order valence-corrected chi connectivity index (χ1v) is 12.6. The molecule has 0 saturated heterocycles. The molecule has 0 radical (unpaired) electrons. The van der Waals surface area contributed by atoms with E-state index in [9.17, 15) is 4.79 Å². The highest BCUT2D eigenvalue weighted by atomic mass is 79.9. The van der Waals surface area contributed by atoms with Crippen LogP contribution in [0.4, 0.5) is 0 Å². The van der Waals surface area contributed by atoms with Crippen molar-refractivity contribution in [2.75, 3.05) is 6.61 Å². The van der Waals surface area contributed by atoms with Gasteiger partial charge in [-0.25, -0.2) is 0 Å². The molecule has 0 aliphatic carbocycles. The molecule has 0 aromatic carbocycles. The third kappa shape index (κ3) is 16.0. The molecule has 0 saturated carbocycles. The van der Waals surface area contributed by atoms with Gasteiger partial charge in [0, 0.05) is 24.9 Å². The summed E-state index contributed by atoms with van der Waals surface area (Å²) in [5.74, 6) is 0.723. The van der Waals surface area contributed by atoms with Crippen molar-refractivity contribution in [1.29, 1.82) is 0 Å². The molecule has 0 unspecified atom stereocenters. The third-order valence-electron chi connectivity index (χ3n) is 5.68. The Kier molecular flexibility index (Phi) is 20.9. The minimum absolute atomic E-state index is 0. The first-order valence-electron chi connectivity index (χ1n) is 12.6. The van der Waals surface area contributed by atoms with E-state index in [1.807, 2.05) is 10.8 Å². The summed E-state index contributed by atoms with van der Waals surface area (Å²) in [5.41, 5.74) is 0.0272. The number of aryl methyl sites for hydroxylation is 1. The molecule has 0 aliphatic heterocycles. The number of ether oxygens (including phenoxy) is 1. The number of rotatable bonds is 20. The first-order chi connectivity index (χ1) is 14.3. The number of nitrogens with zero attached hydrogens (tertiary/aromatic N) is 1. The predicted octanol–water partition coefficient (Wildman–Crippen LogP) is 8.48. The van der Waals surface area contributed by atoms with Gasteiger partial charge in [0.1, 0.15) is 0 Å². The molecule has 0 bridgehead atoms. The fourth-order valence-electron chi connectivity index (χ4n) is 3.87. The molecular formula is C26H48BrNO2. The van der Waals surface area contributed by atoms with Crippen LogP contribution >= 0.6 is 17.0 Å². The van der Waals surface area contributed by atoms with Crippen LogP contribution < -0.4 is 10.2 Å². The maximum Gasteiger partial charge on any atom is 0.197 e. The minimum atomic E-state index is 0. The Balaban J connectivity index is 0.00000841. The number of unbranched alkanes of at least 4 members (excludes halogenated alkanes) is 15. The Morgan fingerprint density at radius 3 is 1.63 bits per heavy atom.